The lowest BCUT2D eigenvalue weighted by atomic mass is 9.62. The van der Waals surface area contributed by atoms with E-state index < -0.39 is 35.1 Å². The van der Waals surface area contributed by atoms with Crippen molar-refractivity contribution in [2.45, 2.75) is 103 Å². The van der Waals surface area contributed by atoms with Crippen LogP contribution in [0.1, 0.15) is 73.6 Å². The molecule has 214 valence electrons. The Kier molecular flexibility index (Phi) is 9.51. The van der Waals surface area contributed by atoms with Crippen molar-refractivity contribution in [3.8, 4) is 0 Å². The third-order valence-corrected chi connectivity index (χ3v) is 9.33. The van der Waals surface area contributed by atoms with Crippen molar-refractivity contribution in [3.05, 3.63) is 25.3 Å². The van der Waals surface area contributed by atoms with Gasteiger partial charge in [-0.2, -0.15) is 0 Å². The van der Waals surface area contributed by atoms with Gasteiger partial charge in [-0.1, -0.05) is 46.3 Å². The number of hydrogen-bond acceptors (Lipinski definition) is 5. The van der Waals surface area contributed by atoms with Crippen LogP contribution in [0.5, 0.6) is 0 Å². The highest BCUT2D eigenvalue weighted by Gasteiger charge is 2.80. The molecule has 0 aliphatic carbocycles. The molecule has 4 unspecified atom stereocenters. The zero-order chi connectivity index (χ0) is 28.4. The van der Waals surface area contributed by atoms with E-state index in [0.29, 0.717) is 32.5 Å². The molecule has 3 fully saturated rings. The molecule has 3 aliphatic rings. The monoisotopic (exact) mass is 531 g/mol. The van der Waals surface area contributed by atoms with Gasteiger partial charge in [0.15, 0.2) is 0 Å². The Morgan fingerprint density at radius 2 is 1.84 bits per heavy atom. The lowest BCUT2D eigenvalue weighted by molar-refractivity contribution is -0.158. The normalized spacial score (nSPS) is 33.1. The summed E-state index contributed by atoms with van der Waals surface area (Å²) < 4.78 is 6.87. The lowest BCUT2D eigenvalue weighted by Gasteiger charge is -2.41. The fourth-order valence-corrected chi connectivity index (χ4v) is 7.41. The summed E-state index contributed by atoms with van der Waals surface area (Å²) in [6.07, 6.45) is 6.94. The molecule has 0 radical (unpaired) electrons. The molecular weight excluding hydrogens is 482 g/mol. The summed E-state index contributed by atoms with van der Waals surface area (Å²) in [6, 6.07) is -1.49. The molecular formula is C30H49N3O5. The Balaban J connectivity index is 2.18. The minimum atomic E-state index is -1.12. The third-order valence-electron chi connectivity index (χ3n) is 9.33. The van der Waals surface area contributed by atoms with Gasteiger partial charge in [-0.15, -0.1) is 13.2 Å². The van der Waals surface area contributed by atoms with Crippen molar-refractivity contribution in [1.82, 2.24) is 14.7 Å². The van der Waals surface area contributed by atoms with Crippen molar-refractivity contribution in [2.24, 2.45) is 17.8 Å². The van der Waals surface area contributed by atoms with E-state index in [1.807, 2.05) is 27.7 Å². The second-order valence-corrected chi connectivity index (χ2v) is 11.7. The van der Waals surface area contributed by atoms with Crippen molar-refractivity contribution in [3.63, 3.8) is 0 Å². The molecule has 3 heterocycles. The Morgan fingerprint density at radius 3 is 2.37 bits per heavy atom. The molecule has 0 aromatic rings. The van der Waals surface area contributed by atoms with Gasteiger partial charge >= 0.3 is 0 Å². The van der Waals surface area contributed by atoms with Crippen molar-refractivity contribution < 1.29 is 24.2 Å². The summed E-state index contributed by atoms with van der Waals surface area (Å²) in [7, 11) is 0. The summed E-state index contributed by atoms with van der Waals surface area (Å²) in [5, 5.41) is 10.3. The summed E-state index contributed by atoms with van der Waals surface area (Å²) >= 11 is 0. The predicted octanol–water partition coefficient (Wildman–Crippen LogP) is 3.40. The van der Waals surface area contributed by atoms with Gasteiger partial charge in [0, 0.05) is 25.7 Å². The number of nitrogens with zero attached hydrogens (tertiary/aromatic N) is 3. The third kappa shape index (κ3) is 4.61. The maximum atomic E-state index is 14.5. The fourth-order valence-electron chi connectivity index (χ4n) is 7.41. The van der Waals surface area contributed by atoms with Gasteiger partial charge in [-0.3, -0.25) is 14.4 Å². The molecule has 8 nitrogen and oxygen atoms in total. The molecule has 2 bridgehead atoms. The first kappa shape index (κ1) is 30.4. The summed E-state index contributed by atoms with van der Waals surface area (Å²) in [5.74, 6) is -2.07. The smallest absolute Gasteiger partial charge is 0.248 e. The van der Waals surface area contributed by atoms with E-state index in [0.717, 1.165) is 19.3 Å². The molecule has 1 spiro atoms. The number of carbonyl (C=O) groups excluding carboxylic acids is 3. The molecule has 3 rings (SSSR count). The standard InChI is InChI=1S/C30H49N3O5/c1-9-14-21(7)32(17-12-4)28(37)25-30-18-20(6)29(8,38-30)23(26(35)31(15-10-2)16-11-3)24(30)27(36)33(25)22(13-5)19-34/h10,12,20-25,34H,2,4,9,11,13-19H2,1,3,5-8H3/t20?,21?,22-,23-,24-,25?,29+,30?/m0/s1. The van der Waals surface area contributed by atoms with Crippen LogP contribution in [-0.4, -0.2) is 93.1 Å². The highest BCUT2D eigenvalue weighted by Crippen LogP contribution is 2.66. The second kappa shape index (κ2) is 11.9. The number of ether oxygens (including phenoxy) is 1. The Labute approximate surface area is 229 Å². The van der Waals surface area contributed by atoms with E-state index in [1.54, 1.807) is 26.9 Å². The second-order valence-electron chi connectivity index (χ2n) is 11.7. The van der Waals surface area contributed by atoms with Gasteiger partial charge < -0.3 is 24.5 Å². The minimum absolute atomic E-state index is 0.0296. The number of likely N-dealkylation sites (tertiary alicyclic amines) is 1. The van der Waals surface area contributed by atoms with Crippen LogP contribution < -0.4 is 0 Å². The molecule has 3 saturated heterocycles. The van der Waals surface area contributed by atoms with E-state index in [-0.39, 0.29) is 36.3 Å². The Hall–Kier alpha value is -2.19. The fraction of sp³-hybridized carbons (Fsp3) is 0.767. The van der Waals surface area contributed by atoms with Crippen LogP contribution in [-0.2, 0) is 19.1 Å². The highest BCUT2D eigenvalue weighted by molar-refractivity contribution is 5.99. The summed E-state index contributed by atoms with van der Waals surface area (Å²) in [6.45, 7) is 20.8. The number of aliphatic hydroxyl groups excluding tert-OH is 1. The Morgan fingerprint density at radius 1 is 1.18 bits per heavy atom. The molecule has 0 aromatic heterocycles. The van der Waals surface area contributed by atoms with Gasteiger partial charge in [0.1, 0.15) is 11.6 Å². The first-order valence-corrected chi connectivity index (χ1v) is 14.5. The van der Waals surface area contributed by atoms with Gasteiger partial charge in [-0.05, 0) is 45.4 Å². The average Bonchev–Trinajstić information content (AvgIpc) is 3.39. The van der Waals surface area contributed by atoms with E-state index in [4.69, 9.17) is 4.74 Å². The van der Waals surface area contributed by atoms with Gasteiger partial charge in [0.05, 0.1) is 30.1 Å². The van der Waals surface area contributed by atoms with Gasteiger partial charge in [0.25, 0.3) is 0 Å². The topological polar surface area (TPSA) is 90.4 Å². The molecule has 0 saturated carbocycles. The van der Waals surface area contributed by atoms with Crippen LogP contribution in [0.2, 0.25) is 0 Å². The number of hydrogen-bond donors (Lipinski definition) is 1. The average molecular weight is 532 g/mol. The molecule has 0 aromatic carbocycles. The van der Waals surface area contributed by atoms with Crippen molar-refractivity contribution in [2.75, 3.05) is 26.2 Å². The van der Waals surface area contributed by atoms with E-state index in [9.17, 15) is 19.5 Å². The predicted molar refractivity (Wildman–Crippen MR) is 148 cm³/mol. The molecule has 3 aliphatic heterocycles. The molecule has 8 heteroatoms. The largest absolute Gasteiger partial charge is 0.394 e. The van der Waals surface area contributed by atoms with Crippen molar-refractivity contribution >= 4 is 17.7 Å². The first-order chi connectivity index (χ1) is 18.0. The van der Waals surface area contributed by atoms with Crippen molar-refractivity contribution in [1.29, 1.82) is 0 Å². The summed E-state index contributed by atoms with van der Waals surface area (Å²) in [5.41, 5.74) is -1.99. The number of fused-ring (bicyclic) bond motifs is 1. The number of rotatable bonds is 14. The van der Waals surface area contributed by atoms with Crippen LogP contribution in [0.25, 0.3) is 0 Å². The Bertz CT molecular complexity index is 920. The molecule has 8 atom stereocenters. The van der Waals surface area contributed by atoms with E-state index in [1.165, 1.54) is 0 Å². The molecule has 38 heavy (non-hydrogen) atoms. The van der Waals surface area contributed by atoms with E-state index >= 15 is 0 Å². The lowest BCUT2D eigenvalue weighted by Crippen LogP contribution is -2.60. The zero-order valence-corrected chi connectivity index (χ0v) is 24.3. The highest BCUT2D eigenvalue weighted by atomic mass is 16.5. The van der Waals surface area contributed by atoms with Crippen LogP contribution >= 0.6 is 0 Å². The van der Waals surface area contributed by atoms with Crippen LogP contribution in [0.15, 0.2) is 25.3 Å². The molecule has 1 N–H and O–H groups in total. The van der Waals surface area contributed by atoms with Crippen LogP contribution in [0, 0.1) is 17.8 Å². The first-order valence-electron chi connectivity index (χ1n) is 14.5. The van der Waals surface area contributed by atoms with Gasteiger partial charge in [0.2, 0.25) is 17.7 Å². The maximum Gasteiger partial charge on any atom is 0.248 e. The molecule has 3 amide bonds. The van der Waals surface area contributed by atoms with Crippen LogP contribution in [0.4, 0.5) is 0 Å². The number of aliphatic hydroxyl groups is 1. The van der Waals surface area contributed by atoms with E-state index in [2.05, 4.69) is 27.0 Å². The minimum Gasteiger partial charge on any atom is -0.394 e. The quantitative estimate of drug-likeness (QED) is 0.347. The zero-order valence-electron chi connectivity index (χ0n) is 24.3. The van der Waals surface area contributed by atoms with Gasteiger partial charge in [-0.25, -0.2) is 0 Å². The number of amides is 3. The maximum absolute atomic E-state index is 14.5. The summed E-state index contributed by atoms with van der Waals surface area (Å²) in [4.78, 5) is 48.2. The van der Waals surface area contributed by atoms with Crippen LogP contribution in [0.3, 0.4) is 0 Å². The number of carbonyl (C=O) groups is 3. The SMILES string of the molecule is C=CCN(CCC)C(=O)[C@@H]1[C@H]2C(=O)N([C@@H](CC)CO)C(C(=O)N(CC=C)C(C)CCC)C23CC(C)[C@@]1(C)O3.